The van der Waals surface area contributed by atoms with Crippen molar-refractivity contribution in [2.45, 2.75) is 26.7 Å². The summed E-state index contributed by atoms with van der Waals surface area (Å²) in [6.45, 7) is 7.42. The molecule has 0 radical (unpaired) electrons. The van der Waals surface area contributed by atoms with E-state index in [1.54, 1.807) is 6.07 Å². The zero-order valence-corrected chi connectivity index (χ0v) is 22.4. The number of nitrogens with zero attached hydrogens (tertiary/aromatic N) is 3. The third-order valence-electron chi connectivity index (χ3n) is 7.11. The lowest BCUT2D eigenvalue weighted by atomic mass is 9.72. The highest BCUT2D eigenvalue weighted by Crippen LogP contribution is 2.45. The van der Waals surface area contributed by atoms with E-state index in [0.717, 1.165) is 48.6 Å². The molecule has 5 rings (SSSR count). The second-order valence-electron chi connectivity index (χ2n) is 9.47. The van der Waals surface area contributed by atoms with Gasteiger partial charge in [-0.25, -0.2) is 9.37 Å². The Morgan fingerprint density at radius 1 is 1.16 bits per heavy atom. The topological polar surface area (TPSA) is 66.9 Å². The van der Waals surface area contributed by atoms with Crippen molar-refractivity contribution in [1.82, 2.24) is 15.2 Å². The van der Waals surface area contributed by atoms with Crippen molar-refractivity contribution in [3.63, 3.8) is 0 Å². The van der Waals surface area contributed by atoms with Crippen LogP contribution < -0.4 is 19.7 Å². The van der Waals surface area contributed by atoms with E-state index in [-0.39, 0.29) is 18.5 Å². The lowest BCUT2D eigenvalue weighted by molar-refractivity contribution is -0.146. The number of nitrogens with one attached hydrogen (secondary N) is 1. The van der Waals surface area contributed by atoms with Crippen LogP contribution >= 0.6 is 0 Å². The van der Waals surface area contributed by atoms with Crippen molar-refractivity contribution in [3.8, 4) is 22.8 Å². The molecular formula is C29H39FN4O3. The van der Waals surface area contributed by atoms with Crippen molar-refractivity contribution in [2.75, 3.05) is 58.9 Å². The van der Waals surface area contributed by atoms with E-state index in [9.17, 15) is 9.18 Å². The summed E-state index contributed by atoms with van der Waals surface area (Å²) in [5.41, 5.74) is 2.89. The van der Waals surface area contributed by atoms with Crippen LogP contribution in [0.2, 0.25) is 0 Å². The maximum atomic E-state index is 14.7. The number of halogens is 1. The Balaban J connectivity index is 0.00000130. The highest BCUT2D eigenvalue weighted by Gasteiger charge is 2.52. The number of piperidine rings is 1. The van der Waals surface area contributed by atoms with Gasteiger partial charge in [0.2, 0.25) is 5.91 Å². The largest absolute Gasteiger partial charge is 0.494 e. The lowest BCUT2D eigenvalue weighted by Gasteiger charge is -2.53. The van der Waals surface area contributed by atoms with Gasteiger partial charge in [-0.2, -0.15) is 0 Å². The molecule has 3 heterocycles. The molecule has 2 aliphatic rings. The molecule has 0 aliphatic carbocycles. The molecule has 2 saturated heterocycles. The second-order valence-corrected chi connectivity index (χ2v) is 9.47. The number of likely N-dealkylation sites (N-methyl/N-ethyl adjacent to an activating group) is 1. The van der Waals surface area contributed by atoms with Gasteiger partial charge in [0.15, 0.2) is 11.6 Å². The zero-order chi connectivity index (χ0) is 26.6. The van der Waals surface area contributed by atoms with Crippen LogP contribution in [0.1, 0.15) is 28.1 Å². The lowest BCUT2D eigenvalue weighted by Crippen LogP contribution is -2.65. The van der Waals surface area contributed by atoms with E-state index in [2.05, 4.69) is 10.2 Å². The number of hydrogen-bond donors (Lipinski definition) is 1. The molecule has 8 heteroatoms. The van der Waals surface area contributed by atoms with Crippen LogP contribution in [0.25, 0.3) is 22.2 Å². The second kappa shape index (κ2) is 11.3. The van der Waals surface area contributed by atoms with E-state index >= 15 is 0 Å². The van der Waals surface area contributed by atoms with Crippen LogP contribution in [0, 0.1) is 11.2 Å². The highest BCUT2D eigenvalue weighted by atomic mass is 19.1. The smallest absolute Gasteiger partial charge is 0.232 e. The number of benzene rings is 2. The first kappa shape index (κ1) is 26.7. The van der Waals surface area contributed by atoms with Crippen molar-refractivity contribution >= 4 is 22.5 Å². The van der Waals surface area contributed by atoms with Crippen LogP contribution in [0.3, 0.4) is 0 Å². The number of carbonyl (C=O) groups is 1. The number of rotatable bonds is 7. The van der Waals surface area contributed by atoms with Gasteiger partial charge in [-0.3, -0.25) is 4.79 Å². The number of carbonyl (C=O) groups excluding carboxylic acids is 1. The fraction of sp³-hybridized carbons (Fsp3) is 0.448. The molecule has 2 fully saturated rings. The number of amides is 1. The van der Waals surface area contributed by atoms with Gasteiger partial charge in [0, 0.05) is 57.4 Å². The van der Waals surface area contributed by atoms with Crippen molar-refractivity contribution in [1.29, 1.82) is 0 Å². The molecule has 1 N–H and O–H groups in total. The molecule has 1 amide bonds. The number of hydrogen-bond acceptors (Lipinski definition) is 6. The Hall–Kier alpha value is -3.39. The number of ether oxygens (including phenoxy) is 2. The number of pyridine rings is 1. The predicted molar refractivity (Wildman–Crippen MR) is 148 cm³/mol. The Bertz CT molecular complexity index is 1250. The third kappa shape index (κ3) is 5.21. The molecule has 1 aromatic heterocycles. The maximum absolute atomic E-state index is 14.7. The summed E-state index contributed by atoms with van der Waals surface area (Å²) in [5.74, 6) is 0.729. The SMILES string of the molecule is CC.CNCCOc1ccc(-c2cc(N3CC4(CCCN(C)C4=O)C3)c3cc(F)c(OC)cc3n2)cc1.[HH]. The molecule has 7 nitrogen and oxygen atoms in total. The minimum atomic E-state index is -0.428. The fourth-order valence-corrected chi connectivity index (χ4v) is 5.18. The van der Waals surface area contributed by atoms with Crippen LogP contribution in [-0.4, -0.2) is 69.8 Å². The molecule has 0 unspecified atom stereocenters. The van der Waals surface area contributed by atoms with Gasteiger partial charge < -0.3 is 24.6 Å². The number of methoxy groups -OCH3 is 1. The molecule has 2 aliphatic heterocycles. The standard InChI is InChI=1S/C27H31FN4O3.C2H6.H2/c1-29-10-12-35-19-7-5-18(6-8-19)22-14-24(20-13-21(28)25(34-3)15-23(20)30-22)32-16-27(17-32)9-4-11-31(2)26(27)33;1-2;/h5-8,13-15,29H,4,9-12,16-17H2,1-3H3;1-2H3;1H. The summed E-state index contributed by atoms with van der Waals surface area (Å²) in [4.78, 5) is 21.8. The molecule has 0 atom stereocenters. The molecule has 37 heavy (non-hydrogen) atoms. The number of anilines is 1. The van der Waals surface area contributed by atoms with Gasteiger partial charge in [-0.05, 0) is 56.3 Å². The van der Waals surface area contributed by atoms with Crippen molar-refractivity contribution in [3.05, 3.63) is 48.3 Å². The first-order valence-electron chi connectivity index (χ1n) is 13.0. The normalized spacial score (nSPS) is 16.3. The minimum absolute atomic E-state index is 0. The Labute approximate surface area is 220 Å². The van der Waals surface area contributed by atoms with Gasteiger partial charge in [-0.15, -0.1) is 0 Å². The zero-order valence-electron chi connectivity index (χ0n) is 22.4. The van der Waals surface area contributed by atoms with Crippen LogP contribution in [0.4, 0.5) is 10.1 Å². The Morgan fingerprint density at radius 3 is 2.57 bits per heavy atom. The number of aromatic nitrogens is 1. The molecule has 3 aromatic rings. The summed E-state index contributed by atoms with van der Waals surface area (Å²) in [6, 6.07) is 12.9. The van der Waals surface area contributed by atoms with Crippen molar-refractivity contribution < 1.29 is 20.1 Å². The van der Waals surface area contributed by atoms with Crippen LogP contribution in [-0.2, 0) is 4.79 Å². The van der Waals surface area contributed by atoms with E-state index in [4.69, 9.17) is 14.5 Å². The van der Waals surface area contributed by atoms with Gasteiger partial charge in [0.25, 0.3) is 0 Å². The van der Waals surface area contributed by atoms with Gasteiger partial charge in [0.05, 0.1) is 23.7 Å². The van der Waals surface area contributed by atoms with Crippen LogP contribution in [0.5, 0.6) is 11.5 Å². The van der Waals surface area contributed by atoms with Gasteiger partial charge in [0.1, 0.15) is 12.4 Å². The molecular weight excluding hydrogens is 471 g/mol. The number of likely N-dealkylation sites (tertiary alicyclic amines) is 1. The average Bonchev–Trinajstić information content (AvgIpc) is 2.90. The van der Waals surface area contributed by atoms with E-state index in [0.29, 0.717) is 30.6 Å². The summed E-state index contributed by atoms with van der Waals surface area (Å²) in [6.07, 6.45) is 1.90. The Kier molecular flexibility index (Phi) is 8.17. The molecule has 2 aromatic carbocycles. The summed E-state index contributed by atoms with van der Waals surface area (Å²) < 4.78 is 25.6. The van der Waals surface area contributed by atoms with Crippen molar-refractivity contribution in [2.24, 2.45) is 5.41 Å². The van der Waals surface area contributed by atoms with Gasteiger partial charge >= 0.3 is 0 Å². The predicted octanol–water partition coefficient (Wildman–Crippen LogP) is 4.98. The maximum Gasteiger partial charge on any atom is 0.232 e. The van der Waals surface area contributed by atoms with Gasteiger partial charge in [-0.1, -0.05) is 13.8 Å². The average molecular weight is 511 g/mol. The first-order valence-corrected chi connectivity index (χ1v) is 13.0. The molecule has 0 bridgehead atoms. The monoisotopic (exact) mass is 510 g/mol. The highest BCUT2D eigenvalue weighted by molar-refractivity contribution is 5.97. The van der Waals surface area contributed by atoms with E-state index in [1.165, 1.54) is 13.2 Å². The summed E-state index contributed by atoms with van der Waals surface area (Å²) >= 11 is 0. The summed E-state index contributed by atoms with van der Waals surface area (Å²) in [5, 5.41) is 3.77. The molecule has 1 spiro atoms. The molecule has 0 saturated carbocycles. The van der Waals surface area contributed by atoms with Crippen LogP contribution in [0.15, 0.2) is 42.5 Å². The fourth-order valence-electron chi connectivity index (χ4n) is 5.18. The summed E-state index contributed by atoms with van der Waals surface area (Å²) in [7, 11) is 5.21. The minimum Gasteiger partial charge on any atom is -0.494 e. The number of fused-ring (bicyclic) bond motifs is 1. The van der Waals surface area contributed by atoms with E-state index < -0.39 is 5.82 Å². The Morgan fingerprint density at radius 2 is 1.89 bits per heavy atom. The quantitative estimate of drug-likeness (QED) is 0.453. The first-order chi connectivity index (χ1) is 17.9. The van der Waals surface area contributed by atoms with E-state index in [1.807, 2.05) is 63.2 Å². The molecule has 200 valence electrons. The third-order valence-corrected chi connectivity index (χ3v) is 7.11.